The van der Waals surface area contributed by atoms with Crippen LogP contribution in [0.5, 0.6) is 0 Å². The highest BCUT2D eigenvalue weighted by molar-refractivity contribution is 5.79. The maximum Gasteiger partial charge on any atom is 0.225 e. The fourth-order valence-electron chi connectivity index (χ4n) is 3.80. The third kappa shape index (κ3) is 3.15. The number of carbonyl (C=O) groups is 1. The summed E-state index contributed by atoms with van der Waals surface area (Å²) in [5.41, 5.74) is 0. The molecule has 3 fully saturated rings. The average Bonchev–Trinajstić information content (AvgIpc) is 2.97. The molecule has 20 heavy (non-hydrogen) atoms. The van der Waals surface area contributed by atoms with Gasteiger partial charge in [-0.05, 0) is 32.7 Å². The number of nitrogens with zero attached hydrogens (tertiary/aromatic N) is 2. The minimum Gasteiger partial charge on any atom is -0.379 e. The maximum absolute atomic E-state index is 12.6. The summed E-state index contributed by atoms with van der Waals surface area (Å²) in [5, 5.41) is 3.43. The van der Waals surface area contributed by atoms with Crippen LogP contribution in [0.25, 0.3) is 0 Å². The van der Waals surface area contributed by atoms with Crippen LogP contribution in [0.15, 0.2) is 0 Å². The molecular formula is C15H27N3O2. The van der Waals surface area contributed by atoms with E-state index in [1.165, 1.54) is 0 Å². The van der Waals surface area contributed by atoms with Gasteiger partial charge in [0.15, 0.2) is 0 Å². The van der Waals surface area contributed by atoms with Crippen LogP contribution in [-0.4, -0.2) is 73.7 Å². The fourth-order valence-corrected chi connectivity index (χ4v) is 3.80. The predicted octanol–water partition coefficient (Wildman–Crippen LogP) is 0.308. The van der Waals surface area contributed by atoms with Gasteiger partial charge in [0, 0.05) is 44.2 Å². The van der Waals surface area contributed by atoms with E-state index in [9.17, 15) is 4.79 Å². The van der Waals surface area contributed by atoms with Crippen LogP contribution in [-0.2, 0) is 9.53 Å². The van der Waals surface area contributed by atoms with Crippen LogP contribution in [0.2, 0.25) is 0 Å². The van der Waals surface area contributed by atoms with Gasteiger partial charge < -0.3 is 15.0 Å². The van der Waals surface area contributed by atoms with Crippen LogP contribution < -0.4 is 5.32 Å². The summed E-state index contributed by atoms with van der Waals surface area (Å²) in [4.78, 5) is 17.2. The van der Waals surface area contributed by atoms with Crippen molar-refractivity contribution in [1.29, 1.82) is 0 Å². The molecule has 0 aliphatic carbocycles. The second-order valence-electron chi connectivity index (χ2n) is 6.45. The van der Waals surface area contributed by atoms with Gasteiger partial charge in [-0.2, -0.15) is 0 Å². The monoisotopic (exact) mass is 281 g/mol. The van der Waals surface area contributed by atoms with Gasteiger partial charge in [0.05, 0.1) is 13.2 Å². The molecule has 3 saturated heterocycles. The molecule has 3 heterocycles. The summed E-state index contributed by atoms with van der Waals surface area (Å²) in [6.07, 6.45) is 3.13. The van der Waals surface area contributed by atoms with Gasteiger partial charge in [0.2, 0.25) is 5.91 Å². The average molecular weight is 281 g/mol. The van der Waals surface area contributed by atoms with E-state index >= 15 is 0 Å². The highest BCUT2D eigenvalue weighted by atomic mass is 16.5. The predicted molar refractivity (Wildman–Crippen MR) is 77.6 cm³/mol. The van der Waals surface area contributed by atoms with E-state index in [-0.39, 0.29) is 5.92 Å². The van der Waals surface area contributed by atoms with Crippen molar-refractivity contribution in [2.75, 3.05) is 45.9 Å². The van der Waals surface area contributed by atoms with Gasteiger partial charge in [-0.1, -0.05) is 0 Å². The lowest BCUT2D eigenvalue weighted by Crippen LogP contribution is -2.47. The molecule has 0 aromatic heterocycles. The molecular weight excluding hydrogens is 254 g/mol. The highest BCUT2D eigenvalue weighted by Gasteiger charge is 2.35. The molecule has 5 heteroatoms. The molecule has 0 spiro atoms. The first kappa shape index (κ1) is 14.3. The van der Waals surface area contributed by atoms with E-state index in [0.717, 1.165) is 65.2 Å². The highest BCUT2D eigenvalue weighted by Crippen LogP contribution is 2.23. The van der Waals surface area contributed by atoms with Crippen molar-refractivity contribution in [1.82, 2.24) is 15.1 Å². The zero-order valence-electron chi connectivity index (χ0n) is 12.5. The summed E-state index contributed by atoms with van der Waals surface area (Å²) < 4.78 is 5.41. The number of nitrogens with one attached hydrogen (secondary N) is 1. The van der Waals surface area contributed by atoms with Gasteiger partial charge in [-0.15, -0.1) is 0 Å². The first-order chi connectivity index (χ1) is 9.74. The number of likely N-dealkylation sites (tertiary alicyclic amines) is 1. The van der Waals surface area contributed by atoms with E-state index in [0.29, 0.717) is 18.0 Å². The third-order valence-corrected chi connectivity index (χ3v) is 5.01. The second kappa shape index (κ2) is 6.41. The summed E-state index contributed by atoms with van der Waals surface area (Å²) in [7, 11) is 0. The lowest BCUT2D eigenvalue weighted by atomic mass is 9.92. The Balaban J connectivity index is 1.52. The Morgan fingerprint density at radius 2 is 2.00 bits per heavy atom. The largest absolute Gasteiger partial charge is 0.379 e. The Hall–Kier alpha value is -0.650. The maximum atomic E-state index is 12.6. The molecule has 0 aromatic carbocycles. The Morgan fingerprint density at radius 3 is 2.75 bits per heavy atom. The molecule has 3 unspecified atom stereocenters. The Bertz CT molecular complexity index is 344. The third-order valence-electron chi connectivity index (χ3n) is 5.01. The molecule has 5 nitrogen and oxygen atoms in total. The van der Waals surface area contributed by atoms with Gasteiger partial charge in [0.1, 0.15) is 0 Å². The van der Waals surface area contributed by atoms with Gasteiger partial charge in [0.25, 0.3) is 0 Å². The molecule has 1 amide bonds. The van der Waals surface area contributed by atoms with E-state index < -0.39 is 0 Å². The number of carbonyl (C=O) groups excluding carboxylic acids is 1. The number of morpholine rings is 1. The molecule has 114 valence electrons. The van der Waals surface area contributed by atoms with Gasteiger partial charge in [-0.3, -0.25) is 9.69 Å². The van der Waals surface area contributed by atoms with Crippen molar-refractivity contribution in [3.05, 3.63) is 0 Å². The normalized spacial score (nSPS) is 36.2. The zero-order chi connectivity index (χ0) is 13.9. The van der Waals surface area contributed by atoms with Crippen molar-refractivity contribution in [2.45, 2.75) is 38.3 Å². The molecule has 0 radical (unpaired) electrons. The number of ether oxygens (including phenoxy) is 1. The van der Waals surface area contributed by atoms with Crippen molar-refractivity contribution >= 4 is 5.91 Å². The van der Waals surface area contributed by atoms with Crippen LogP contribution in [0.3, 0.4) is 0 Å². The quantitative estimate of drug-likeness (QED) is 0.791. The standard InChI is InChI=1S/C15H27N3O2/c1-12-10-13(2-4-16-12)15(19)18-5-3-14(11-18)17-6-8-20-9-7-17/h12-14,16H,2-11H2,1H3. The number of piperidine rings is 1. The lowest BCUT2D eigenvalue weighted by molar-refractivity contribution is -0.135. The number of amides is 1. The first-order valence-corrected chi connectivity index (χ1v) is 8.08. The number of hydrogen-bond donors (Lipinski definition) is 1. The summed E-state index contributed by atoms with van der Waals surface area (Å²) >= 11 is 0. The Labute approximate surface area is 121 Å². The minimum atomic E-state index is 0.245. The topological polar surface area (TPSA) is 44.8 Å². The number of hydrogen-bond acceptors (Lipinski definition) is 4. The van der Waals surface area contributed by atoms with Crippen molar-refractivity contribution in [3.8, 4) is 0 Å². The molecule has 0 bridgehead atoms. The van der Waals surface area contributed by atoms with Crippen LogP contribution in [0.1, 0.15) is 26.2 Å². The van der Waals surface area contributed by atoms with Crippen LogP contribution in [0.4, 0.5) is 0 Å². The first-order valence-electron chi connectivity index (χ1n) is 8.08. The smallest absolute Gasteiger partial charge is 0.225 e. The van der Waals surface area contributed by atoms with E-state index in [1.54, 1.807) is 0 Å². The Morgan fingerprint density at radius 1 is 1.20 bits per heavy atom. The van der Waals surface area contributed by atoms with Crippen molar-refractivity contribution < 1.29 is 9.53 Å². The molecule has 3 rings (SSSR count). The summed E-state index contributed by atoms with van der Waals surface area (Å²) in [5.74, 6) is 0.642. The van der Waals surface area contributed by atoms with Crippen LogP contribution in [0, 0.1) is 5.92 Å². The summed E-state index contributed by atoms with van der Waals surface area (Å²) in [6.45, 7) is 8.77. The minimum absolute atomic E-state index is 0.245. The fraction of sp³-hybridized carbons (Fsp3) is 0.933. The summed E-state index contributed by atoms with van der Waals surface area (Å²) in [6, 6.07) is 1.04. The molecule has 3 atom stereocenters. The van der Waals surface area contributed by atoms with E-state index in [4.69, 9.17) is 4.74 Å². The second-order valence-corrected chi connectivity index (χ2v) is 6.45. The Kier molecular flexibility index (Phi) is 4.58. The molecule has 1 N–H and O–H groups in total. The van der Waals surface area contributed by atoms with Crippen LogP contribution >= 0.6 is 0 Å². The van der Waals surface area contributed by atoms with E-state index in [1.807, 2.05) is 0 Å². The van der Waals surface area contributed by atoms with Gasteiger partial charge >= 0.3 is 0 Å². The molecule has 0 aromatic rings. The van der Waals surface area contributed by atoms with E-state index in [2.05, 4.69) is 22.0 Å². The number of rotatable bonds is 2. The van der Waals surface area contributed by atoms with Gasteiger partial charge in [-0.25, -0.2) is 0 Å². The van der Waals surface area contributed by atoms with Crippen molar-refractivity contribution in [3.63, 3.8) is 0 Å². The molecule has 3 aliphatic heterocycles. The molecule has 0 saturated carbocycles. The zero-order valence-corrected chi connectivity index (χ0v) is 12.5. The SMILES string of the molecule is CC1CC(C(=O)N2CCC(N3CCOCC3)C2)CCN1. The van der Waals surface area contributed by atoms with Crippen molar-refractivity contribution in [2.24, 2.45) is 5.92 Å². The molecule has 3 aliphatic rings. The lowest BCUT2D eigenvalue weighted by Gasteiger charge is -2.33.